The number of aromatic nitrogens is 2. The van der Waals surface area contributed by atoms with Crippen LogP contribution in [-0.4, -0.2) is 47.3 Å². The minimum atomic E-state index is -0.309. The van der Waals surface area contributed by atoms with Crippen LogP contribution in [0.2, 0.25) is 0 Å². The van der Waals surface area contributed by atoms with Crippen molar-refractivity contribution in [1.82, 2.24) is 15.1 Å². The molecule has 0 unspecified atom stereocenters. The normalized spacial score (nSPS) is 10.1. The van der Waals surface area contributed by atoms with Crippen molar-refractivity contribution in [3.63, 3.8) is 0 Å². The molecule has 0 aromatic carbocycles. The highest BCUT2D eigenvalue weighted by molar-refractivity contribution is 5.88. The zero-order valence-corrected chi connectivity index (χ0v) is 9.14. The van der Waals surface area contributed by atoms with Gasteiger partial charge >= 0.3 is 6.03 Å². The maximum atomic E-state index is 11.3. The molecule has 3 N–H and O–H groups in total. The standard InChI is InChI=1S/C9H16N4O3/c1-13-8(2-3-11-13)12-9(15)10-4-6-16-7-5-14/h2-3,14H,4-7H2,1H3,(H2,10,12,15). The second-order valence-corrected chi connectivity index (χ2v) is 3.06. The summed E-state index contributed by atoms with van der Waals surface area (Å²) in [4.78, 5) is 11.3. The molecule has 0 saturated carbocycles. The number of aryl methyl sites for hydroxylation is 1. The number of nitrogens with one attached hydrogen (secondary N) is 2. The summed E-state index contributed by atoms with van der Waals surface area (Å²) < 4.78 is 6.54. The number of nitrogens with zero attached hydrogens (tertiary/aromatic N) is 2. The Balaban J connectivity index is 2.14. The molecule has 0 aliphatic heterocycles. The van der Waals surface area contributed by atoms with Crippen molar-refractivity contribution in [3.05, 3.63) is 12.3 Å². The van der Waals surface area contributed by atoms with Crippen molar-refractivity contribution in [3.8, 4) is 0 Å². The van der Waals surface area contributed by atoms with Crippen LogP contribution in [-0.2, 0) is 11.8 Å². The van der Waals surface area contributed by atoms with E-state index in [0.717, 1.165) is 0 Å². The molecule has 2 amide bonds. The number of ether oxygens (including phenoxy) is 1. The highest BCUT2D eigenvalue weighted by Gasteiger charge is 2.03. The smallest absolute Gasteiger partial charge is 0.320 e. The second kappa shape index (κ2) is 6.81. The van der Waals surface area contributed by atoms with Gasteiger partial charge < -0.3 is 15.2 Å². The Morgan fingerprint density at radius 3 is 3.06 bits per heavy atom. The van der Waals surface area contributed by atoms with Gasteiger partial charge in [-0.2, -0.15) is 5.10 Å². The van der Waals surface area contributed by atoms with Gasteiger partial charge in [0.25, 0.3) is 0 Å². The Labute approximate surface area is 93.4 Å². The van der Waals surface area contributed by atoms with Crippen molar-refractivity contribution in [2.24, 2.45) is 7.05 Å². The van der Waals surface area contributed by atoms with Gasteiger partial charge in [0.2, 0.25) is 0 Å². The third kappa shape index (κ3) is 4.28. The topological polar surface area (TPSA) is 88.4 Å². The van der Waals surface area contributed by atoms with Gasteiger partial charge in [0.1, 0.15) is 5.82 Å². The summed E-state index contributed by atoms with van der Waals surface area (Å²) in [6.45, 7) is 1.04. The average Bonchev–Trinajstić information content (AvgIpc) is 2.64. The van der Waals surface area contributed by atoms with Gasteiger partial charge in [0.05, 0.1) is 26.0 Å². The third-order valence-electron chi connectivity index (χ3n) is 1.83. The van der Waals surface area contributed by atoms with Crippen molar-refractivity contribution in [1.29, 1.82) is 0 Å². The van der Waals surface area contributed by atoms with Crippen molar-refractivity contribution >= 4 is 11.8 Å². The summed E-state index contributed by atoms with van der Waals surface area (Å²) in [5.74, 6) is 0.619. The van der Waals surface area contributed by atoms with Crippen molar-refractivity contribution in [2.45, 2.75) is 0 Å². The van der Waals surface area contributed by atoms with Gasteiger partial charge in [0.15, 0.2) is 0 Å². The van der Waals surface area contributed by atoms with E-state index in [-0.39, 0.29) is 19.2 Å². The number of carbonyl (C=O) groups excluding carboxylic acids is 1. The summed E-state index contributed by atoms with van der Waals surface area (Å²) in [6.07, 6.45) is 1.60. The number of hydrogen-bond donors (Lipinski definition) is 3. The van der Waals surface area contributed by atoms with Crippen LogP contribution in [0.3, 0.4) is 0 Å². The predicted molar refractivity (Wildman–Crippen MR) is 58.1 cm³/mol. The van der Waals surface area contributed by atoms with Crippen molar-refractivity contribution in [2.75, 3.05) is 31.7 Å². The van der Waals surface area contributed by atoms with Crippen LogP contribution in [0.25, 0.3) is 0 Å². The highest BCUT2D eigenvalue weighted by atomic mass is 16.5. The molecule has 0 bridgehead atoms. The van der Waals surface area contributed by atoms with E-state index in [0.29, 0.717) is 19.0 Å². The average molecular weight is 228 g/mol. The zero-order chi connectivity index (χ0) is 11.8. The SMILES string of the molecule is Cn1nccc1NC(=O)NCCOCCO. The first-order valence-corrected chi connectivity index (χ1v) is 4.95. The second-order valence-electron chi connectivity index (χ2n) is 3.06. The molecule has 0 fully saturated rings. The molecule has 0 aliphatic rings. The first-order chi connectivity index (χ1) is 7.74. The lowest BCUT2D eigenvalue weighted by Crippen LogP contribution is -2.32. The molecule has 1 aromatic rings. The Morgan fingerprint density at radius 2 is 2.44 bits per heavy atom. The van der Waals surface area contributed by atoms with E-state index in [9.17, 15) is 4.79 Å². The summed E-state index contributed by atoms with van der Waals surface area (Å²) >= 11 is 0. The van der Waals surface area contributed by atoms with Crippen LogP contribution in [0.5, 0.6) is 0 Å². The Morgan fingerprint density at radius 1 is 1.62 bits per heavy atom. The van der Waals surface area contributed by atoms with Crippen LogP contribution in [0, 0.1) is 0 Å². The Bertz CT molecular complexity index is 326. The molecule has 16 heavy (non-hydrogen) atoms. The zero-order valence-electron chi connectivity index (χ0n) is 9.14. The Hall–Kier alpha value is -1.60. The van der Waals surface area contributed by atoms with E-state index in [1.54, 1.807) is 24.0 Å². The van der Waals surface area contributed by atoms with Crippen LogP contribution in [0.15, 0.2) is 12.3 Å². The van der Waals surface area contributed by atoms with E-state index in [1.165, 1.54) is 0 Å². The third-order valence-corrected chi connectivity index (χ3v) is 1.83. The molecule has 7 heteroatoms. The van der Waals surface area contributed by atoms with E-state index in [1.807, 2.05) is 0 Å². The number of anilines is 1. The number of aliphatic hydroxyl groups excluding tert-OH is 1. The number of hydrogen-bond acceptors (Lipinski definition) is 4. The summed E-state index contributed by atoms with van der Waals surface area (Å²) in [7, 11) is 1.74. The molecule has 7 nitrogen and oxygen atoms in total. The van der Waals surface area contributed by atoms with E-state index in [4.69, 9.17) is 9.84 Å². The largest absolute Gasteiger partial charge is 0.394 e. The summed E-state index contributed by atoms with van der Waals surface area (Å²) in [6, 6.07) is 1.39. The van der Waals surface area contributed by atoms with Crippen LogP contribution in [0.1, 0.15) is 0 Å². The summed E-state index contributed by atoms with van der Waals surface area (Å²) in [5, 5.41) is 17.6. The molecule has 1 aromatic heterocycles. The first-order valence-electron chi connectivity index (χ1n) is 4.95. The van der Waals surface area contributed by atoms with E-state index < -0.39 is 0 Å². The molecule has 90 valence electrons. The van der Waals surface area contributed by atoms with Gasteiger partial charge in [-0.05, 0) is 0 Å². The Kier molecular flexibility index (Phi) is 5.30. The number of carbonyl (C=O) groups is 1. The number of urea groups is 1. The minimum absolute atomic E-state index is 0.0127. The summed E-state index contributed by atoms with van der Waals surface area (Å²) in [5.41, 5.74) is 0. The first kappa shape index (κ1) is 12.5. The quantitative estimate of drug-likeness (QED) is 0.575. The fourth-order valence-electron chi connectivity index (χ4n) is 1.06. The maximum absolute atomic E-state index is 11.3. The van der Waals surface area contributed by atoms with Gasteiger partial charge in [-0.3, -0.25) is 10.00 Å². The number of amides is 2. The minimum Gasteiger partial charge on any atom is -0.394 e. The highest BCUT2D eigenvalue weighted by Crippen LogP contribution is 2.01. The number of aliphatic hydroxyl groups is 1. The maximum Gasteiger partial charge on any atom is 0.320 e. The monoisotopic (exact) mass is 228 g/mol. The van der Waals surface area contributed by atoms with Gasteiger partial charge in [-0.1, -0.05) is 0 Å². The molecule has 0 atom stereocenters. The fourth-order valence-corrected chi connectivity index (χ4v) is 1.06. The fraction of sp³-hybridized carbons (Fsp3) is 0.556. The van der Waals surface area contributed by atoms with Crippen LogP contribution >= 0.6 is 0 Å². The van der Waals surface area contributed by atoms with E-state index in [2.05, 4.69) is 15.7 Å². The molecule has 0 radical (unpaired) electrons. The lowest BCUT2D eigenvalue weighted by atomic mass is 10.6. The van der Waals surface area contributed by atoms with Crippen molar-refractivity contribution < 1.29 is 14.6 Å². The van der Waals surface area contributed by atoms with E-state index >= 15 is 0 Å². The lowest BCUT2D eigenvalue weighted by Gasteiger charge is -2.07. The molecule has 0 saturated heterocycles. The lowest BCUT2D eigenvalue weighted by molar-refractivity contribution is 0.0950. The van der Waals surface area contributed by atoms with Crippen LogP contribution < -0.4 is 10.6 Å². The van der Waals surface area contributed by atoms with Crippen LogP contribution in [0.4, 0.5) is 10.6 Å². The molecule has 1 heterocycles. The van der Waals surface area contributed by atoms with Gasteiger partial charge in [-0.15, -0.1) is 0 Å². The molecule has 1 rings (SSSR count). The molecule has 0 spiro atoms. The predicted octanol–water partition coefficient (Wildman–Crippen LogP) is -0.449. The van der Waals surface area contributed by atoms with Gasteiger partial charge in [0, 0.05) is 19.7 Å². The molecular formula is C9H16N4O3. The number of rotatable bonds is 6. The molecule has 0 aliphatic carbocycles. The van der Waals surface area contributed by atoms with Gasteiger partial charge in [-0.25, -0.2) is 4.79 Å². The molecular weight excluding hydrogens is 212 g/mol.